The van der Waals surface area contributed by atoms with Gasteiger partial charge in [0.25, 0.3) is 5.91 Å². The monoisotopic (exact) mass is 374 g/mol. The van der Waals surface area contributed by atoms with Gasteiger partial charge in [-0.05, 0) is 52.9 Å². The number of para-hydroxylation sites is 1. The molecule has 2 aromatic rings. The first-order valence-electron chi connectivity index (χ1n) is 7.77. The second-order valence-corrected chi connectivity index (χ2v) is 6.70. The summed E-state index contributed by atoms with van der Waals surface area (Å²) in [7, 11) is 0. The smallest absolute Gasteiger partial charge is 0.274 e. The Bertz CT molecular complexity index is 698. The van der Waals surface area contributed by atoms with Crippen LogP contribution in [-0.4, -0.2) is 29.0 Å². The number of carbonyl (C=O) groups is 1. The van der Waals surface area contributed by atoms with Crippen molar-refractivity contribution in [1.82, 2.24) is 9.97 Å². The number of halogens is 1. The lowest BCUT2D eigenvalue weighted by atomic mass is 10.00. The minimum absolute atomic E-state index is 0.231. The van der Waals surface area contributed by atoms with Gasteiger partial charge < -0.3 is 10.2 Å². The average Bonchev–Trinajstić information content (AvgIpc) is 2.58. The summed E-state index contributed by atoms with van der Waals surface area (Å²) in [6, 6.07) is 9.15. The first kappa shape index (κ1) is 15.9. The molecule has 3 rings (SSSR count). The fourth-order valence-corrected chi connectivity index (χ4v) is 2.97. The zero-order chi connectivity index (χ0) is 16.2. The standard InChI is InChI=1S/C17H19BrN4O/c1-12-7-10-22(11-8-12)17-19-9-6-15(21-17)16(23)20-14-5-3-2-4-13(14)18/h2-6,9,12H,7-8,10-11H2,1H3,(H,20,23). The highest BCUT2D eigenvalue weighted by molar-refractivity contribution is 9.10. The van der Waals surface area contributed by atoms with Gasteiger partial charge in [-0.25, -0.2) is 9.97 Å². The molecule has 1 amide bonds. The normalized spacial score (nSPS) is 15.5. The number of anilines is 2. The second kappa shape index (κ2) is 7.08. The summed E-state index contributed by atoms with van der Waals surface area (Å²) in [6.45, 7) is 4.15. The van der Waals surface area contributed by atoms with Gasteiger partial charge in [0, 0.05) is 23.8 Å². The number of hydrogen-bond donors (Lipinski definition) is 1. The number of nitrogens with zero attached hydrogens (tertiary/aromatic N) is 3. The molecule has 6 heteroatoms. The third kappa shape index (κ3) is 3.88. The molecular weight excluding hydrogens is 356 g/mol. The second-order valence-electron chi connectivity index (χ2n) is 5.85. The zero-order valence-corrected chi connectivity index (χ0v) is 14.6. The summed E-state index contributed by atoms with van der Waals surface area (Å²) in [5.74, 6) is 1.15. The number of carbonyl (C=O) groups excluding carboxylic acids is 1. The van der Waals surface area contributed by atoms with Crippen LogP contribution in [-0.2, 0) is 0 Å². The summed E-state index contributed by atoms with van der Waals surface area (Å²) in [6.07, 6.45) is 3.92. The fourth-order valence-electron chi connectivity index (χ4n) is 2.58. The van der Waals surface area contributed by atoms with Crippen LogP contribution in [0.15, 0.2) is 41.0 Å². The Morgan fingerprint density at radius 2 is 2.00 bits per heavy atom. The van der Waals surface area contributed by atoms with E-state index in [1.807, 2.05) is 24.3 Å². The van der Waals surface area contributed by atoms with Gasteiger partial charge >= 0.3 is 0 Å². The molecule has 0 bridgehead atoms. The molecule has 0 atom stereocenters. The van der Waals surface area contributed by atoms with Gasteiger partial charge in [0.1, 0.15) is 5.69 Å². The van der Waals surface area contributed by atoms with Gasteiger partial charge in [-0.3, -0.25) is 4.79 Å². The van der Waals surface area contributed by atoms with Crippen LogP contribution in [0.25, 0.3) is 0 Å². The molecule has 1 N–H and O–H groups in total. The van der Waals surface area contributed by atoms with E-state index >= 15 is 0 Å². The predicted molar refractivity (Wildman–Crippen MR) is 94.7 cm³/mol. The van der Waals surface area contributed by atoms with Crippen molar-refractivity contribution in [3.8, 4) is 0 Å². The quantitative estimate of drug-likeness (QED) is 0.888. The fraction of sp³-hybridized carbons (Fsp3) is 0.353. The number of piperidine rings is 1. The third-order valence-electron chi connectivity index (χ3n) is 4.06. The van der Waals surface area contributed by atoms with Crippen LogP contribution in [0.1, 0.15) is 30.3 Å². The lowest BCUT2D eigenvalue weighted by Gasteiger charge is -2.30. The van der Waals surface area contributed by atoms with Gasteiger partial charge in [-0.15, -0.1) is 0 Å². The largest absolute Gasteiger partial charge is 0.341 e. The first-order chi connectivity index (χ1) is 11.1. The molecular formula is C17H19BrN4O. The molecule has 5 nitrogen and oxygen atoms in total. The number of amides is 1. The van der Waals surface area contributed by atoms with E-state index < -0.39 is 0 Å². The highest BCUT2D eigenvalue weighted by Crippen LogP contribution is 2.22. The van der Waals surface area contributed by atoms with Crippen molar-refractivity contribution in [1.29, 1.82) is 0 Å². The van der Waals surface area contributed by atoms with Crippen LogP contribution in [0.3, 0.4) is 0 Å². The van der Waals surface area contributed by atoms with E-state index in [9.17, 15) is 4.79 Å². The average molecular weight is 375 g/mol. The molecule has 2 heterocycles. The maximum atomic E-state index is 12.4. The van der Waals surface area contributed by atoms with E-state index in [1.54, 1.807) is 12.3 Å². The van der Waals surface area contributed by atoms with E-state index in [0.717, 1.165) is 42.0 Å². The van der Waals surface area contributed by atoms with Crippen LogP contribution >= 0.6 is 15.9 Å². The van der Waals surface area contributed by atoms with Crippen LogP contribution in [0.4, 0.5) is 11.6 Å². The highest BCUT2D eigenvalue weighted by atomic mass is 79.9. The van der Waals surface area contributed by atoms with Gasteiger partial charge in [-0.2, -0.15) is 0 Å². The molecule has 1 aliphatic rings. The van der Waals surface area contributed by atoms with Gasteiger partial charge in [0.15, 0.2) is 0 Å². The van der Waals surface area contributed by atoms with Crippen molar-refractivity contribution in [3.05, 3.63) is 46.7 Å². The Hall–Kier alpha value is -1.95. The molecule has 1 aromatic carbocycles. The van der Waals surface area contributed by atoms with Crippen LogP contribution in [0.5, 0.6) is 0 Å². The summed E-state index contributed by atoms with van der Waals surface area (Å²) in [5.41, 5.74) is 1.11. The lowest BCUT2D eigenvalue weighted by Crippen LogP contribution is -2.34. The Kier molecular flexibility index (Phi) is 4.91. The minimum Gasteiger partial charge on any atom is -0.341 e. The molecule has 1 aromatic heterocycles. The van der Waals surface area contributed by atoms with Gasteiger partial charge in [0.2, 0.25) is 5.95 Å². The Morgan fingerprint density at radius 3 is 2.74 bits per heavy atom. The Labute approximate surface area is 144 Å². The van der Waals surface area contributed by atoms with E-state index in [0.29, 0.717) is 11.6 Å². The summed E-state index contributed by atoms with van der Waals surface area (Å²) in [4.78, 5) is 23.3. The SMILES string of the molecule is CC1CCN(c2nccc(C(=O)Nc3ccccc3Br)n2)CC1. The van der Waals surface area contributed by atoms with Crippen molar-refractivity contribution in [3.63, 3.8) is 0 Å². The predicted octanol–water partition coefficient (Wildman–Crippen LogP) is 3.73. The number of rotatable bonds is 3. The van der Waals surface area contributed by atoms with E-state index in [4.69, 9.17) is 0 Å². The molecule has 120 valence electrons. The van der Waals surface area contributed by atoms with Gasteiger partial charge in [0.05, 0.1) is 5.69 Å². The van der Waals surface area contributed by atoms with Crippen molar-refractivity contribution < 1.29 is 4.79 Å². The van der Waals surface area contributed by atoms with Gasteiger partial charge in [-0.1, -0.05) is 19.1 Å². The minimum atomic E-state index is -0.231. The molecule has 0 aliphatic carbocycles. The van der Waals surface area contributed by atoms with Crippen LogP contribution < -0.4 is 10.2 Å². The van der Waals surface area contributed by atoms with E-state index in [1.165, 1.54) is 0 Å². The van der Waals surface area contributed by atoms with Crippen molar-refractivity contribution in [2.45, 2.75) is 19.8 Å². The number of benzene rings is 1. The molecule has 0 saturated carbocycles. The van der Waals surface area contributed by atoms with Crippen LogP contribution in [0.2, 0.25) is 0 Å². The third-order valence-corrected chi connectivity index (χ3v) is 4.76. The summed E-state index contributed by atoms with van der Waals surface area (Å²) in [5, 5.41) is 2.87. The van der Waals surface area contributed by atoms with Crippen LogP contribution in [0, 0.1) is 5.92 Å². The van der Waals surface area contributed by atoms with E-state index in [-0.39, 0.29) is 5.91 Å². The Balaban J connectivity index is 1.74. The molecule has 1 fully saturated rings. The van der Waals surface area contributed by atoms with E-state index in [2.05, 4.69) is 43.0 Å². The molecule has 0 spiro atoms. The van der Waals surface area contributed by atoms with Crippen molar-refractivity contribution >= 4 is 33.5 Å². The number of hydrogen-bond acceptors (Lipinski definition) is 4. The first-order valence-corrected chi connectivity index (χ1v) is 8.56. The highest BCUT2D eigenvalue weighted by Gasteiger charge is 2.19. The lowest BCUT2D eigenvalue weighted by molar-refractivity contribution is 0.102. The number of aromatic nitrogens is 2. The van der Waals surface area contributed by atoms with Crippen molar-refractivity contribution in [2.24, 2.45) is 5.92 Å². The summed E-state index contributed by atoms with van der Waals surface area (Å²) >= 11 is 3.42. The molecule has 1 aliphatic heterocycles. The van der Waals surface area contributed by atoms with Crippen molar-refractivity contribution in [2.75, 3.05) is 23.3 Å². The maximum Gasteiger partial charge on any atom is 0.274 e. The zero-order valence-electron chi connectivity index (χ0n) is 13.0. The topological polar surface area (TPSA) is 58.1 Å². The summed E-state index contributed by atoms with van der Waals surface area (Å²) < 4.78 is 0.840. The molecule has 23 heavy (non-hydrogen) atoms. The molecule has 1 saturated heterocycles. The molecule has 0 radical (unpaired) electrons. The maximum absolute atomic E-state index is 12.4. The Morgan fingerprint density at radius 1 is 1.26 bits per heavy atom. The molecule has 0 unspecified atom stereocenters. The number of nitrogens with one attached hydrogen (secondary N) is 1.